The monoisotopic (exact) mass is 979 g/mol. The van der Waals surface area contributed by atoms with Crippen LogP contribution in [0.5, 0.6) is 0 Å². The molecule has 0 saturated carbocycles. The van der Waals surface area contributed by atoms with E-state index in [0.29, 0.717) is 19.3 Å². The zero-order valence-electron chi connectivity index (χ0n) is 45.4. The molecule has 0 aliphatic heterocycles. The van der Waals surface area contributed by atoms with E-state index in [1.54, 1.807) is 0 Å². The van der Waals surface area contributed by atoms with Gasteiger partial charge in [-0.1, -0.05) is 218 Å². The predicted molar refractivity (Wildman–Crippen MR) is 306 cm³/mol. The van der Waals surface area contributed by atoms with Crippen LogP contribution in [0, 0.1) is 0 Å². The summed E-state index contributed by atoms with van der Waals surface area (Å²) in [4.78, 5) is 38.1. The summed E-state index contributed by atoms with van der Waals surface area (Å²) in [6.07, 6.45) is 82.7. The summed E-state index contributed by atoms with van der Waals surface area (Å²) in [6, 6.07) is 0. The topological polar surface area (TPSA) is 78.9 Å². The molecule has 0 saturated heterocycles. The molecule has 0 aromatic rings. The van der Waals surface area contributed by atoms with Gasteiger partial charge in [-0.3, -0.25) is 14.4 Å². The molecule has 0 rings (SSSR count). The number of esters is 3. The third-order valence-corrected chi connectivity index (χ3v) is 11.3. The Morgan fingerprint density at radius 1 is 0.296 bits per heavy atom. The van der Waals surface area contributed by atoms with Crippen molar-refractivity contribution in [1.29, 1.82) is 0 Å². The summed E-state index contributed by atoms with van der Waals surface area (Å²) in [5, 5.41) is 0. The number of rotatable bonds is 49. The second kappa shape index (κ2) is 57.9. The van der Waals surface area contributed by atoms with E-state index in [1.165, 1.54) is 70.6 Å². The largest absolute Gasteiger partial charge is 0.462 e. The molecule has 0 radical (unpaired) electrons. The normalized spacial score (nSPS) is 13.2. The van der Waals surface area contributed by atoms with E-state index in [-0.39, 0.29) is 38.0 Å². The van der Waals surface area contributed by atoms with E-state index in [2.05, 4.69) is 167 Å². The fourth-order valence-electron chi connectivity index (χ4n) is 7.06. The van der Waals surface area contributed by atoms with E-state index >= 15 is 0 Å². The Morgan fingerprint density at radius 2 is 0.563 bits per heavy atom. The number of ether oxygens (including phenoxy) is 3. The second-order valence-electron chi connectivity index (χ2n) is 18.1. The van der Waals surface area contributed by atoms with Gasteiger partial charge < -0.3 is 14.2 Å². The van der Waals surface area contributed by atoms with Crippen LogP contribution in [0.1, 0.15) is 226 Å². The number of unbranched alkanes of at least 4 members (excludes halogenated alkanes) is 14. The Labute approximate surface area is 436 Å². The molecular weight excluding hydrogens is 877 g/mol. The van der Waals surface area contributed by atoms with Crippen LogP contribution in [0.2, 0.25) is 0 Å². The van der Waals surface area contributed by atoms with Crippen molar-refractivity contribution in [2.45, 2.75) is 232 Å². The molecule has 0 aliphatic rings. The van der Waals surface area contributed by atoms with Crippen molar-refractivity contribution in [2.75, 3.05) is 13.2 Å². The minimum Gasteiger partial charge on any atom is -0.462 e. The van der Waals surface area contributed by atoms with E-state index in [1.807, 2.05) is 0 Å². The molecule has 0 fully saturated rings. The minimum atomic E-state index is -0.847. The third-order valence-electron chi connectivity index (χ3n) is 11.3. The zero-order chi connectivity index (χ0) is 51.4. The van der Waals surface area contributed by atoms with Gasteiger partial charge in [0.05, 0.1) is 0 Å². The number of carbonyl (C=O) groups excluding carboxylic acids is 3. The molecule has 0 bridgehead atoms. The maximum Gasteiger partial charge on any atom is 0.306 e. The van der Waals surface area contributed by atoms with Crippen LogP contribution in [0.4, 0.5) is 0 Å². The molecule has 0 amide bonds. The molecule has 0 aromatic heterocycles. The van der Waals surface area contributed by atoms with Gasteiger partial charge in [-0.05, 0) is 135 Å². The highest BCUT2D eigenvalue weighted by atomic mass is 16.6. The lowest BCUT2D eigenvalue weighted by Crippen LogP contribution is -2.30. The molecule has 0 N–H and O–H groups in total. The van der Waals surface area contributed by atoms with Gasteiger partial charge in [-0.25, -0.2) is 0 Å². The number of carbonyl (C=O) groups is 3. The molecule has 1 atom stereocenters. The van der Waals surface area contributed by atoms with Crippen molar-refractivity contribution in [3.63, 3.8) is 0 Å². The Hall–Kier alpha value is -4.71. The number of allylic oxidation sites excluding steroid dienone is 24. The lowest BCUT2D eigenvalue weighted by molar-refractivity contribution is -0.167. The van der Waals surface area contributed by atoms with Crippen LogP contribution >= 0.6 is 0 Å². The number of hydrogen-bond acceptors (Lipinski definition) is 6. The van der Waals surface area contributed by atoms with Gasteiger partial charge in [-0.2, -0.15) is 0 Å². The van der Waals surface area contributed by atoms with Crippen molar-refractivity contribution >= 4 is 17.9 Å². The van der Waals surface area contributed by atoms with Crippen LogP contribution in [0.15, 0.2) is 146 Å². The molecule has 0 aromatic carbocycles. The summed E-state index contributed by atoms with van der Waals surface area (Å²) in [6.45, 7) is 6.36. The maximum atomic E-state index is 12.8. The highest BCUT2D eigenvalue weighted by Gasteiger charge is 2.19. The molecule has 0 unspecified atom stereocenters. The Balaban J connectivity index is 4.64. The van der Waals surface area contributed by atoms with Gasteiger partial charge >= 0.3 is 17.9 Å². The summed E-state index contributed by atoms with van der Waals surface area (Å²) < 4.78 is 16.7. The van der Waals surface area contributed by atoms with Gasteiger partial charge in [0.2, 0.25) is 0 Å². The van der Waals surface area contributed by atoms with Crippen molar-refractivity contribution in [2.24, 2.45) is 0 Å². The summed E-state index contributed by atoms with van der Waals surface area (Å²) in [5.74, 6) is -1.09. The zero-order valence-corrected chi connectivity index (χ0v) is 45.4. The van der Waals surface area contributed by atoms with Crippen molar-refractivity contribution in [1.82, 2.24) is 0 Å². The molecule has 6 nitrogen and oxygen atoms in total. The standard InChI is InChI=1S/C65H102O6/c1-4-7-10-13-16-19-22-25-28-31-32-35-37-40-43-46-49-52-55-58-64(67)70-61-62(71-65(68)59-56-53-50-47-44-41-38-34-30-27-24-21-18-15-12-9-6-3)60-69-63(66)57-54-51-48-45-42-39-36-33-29-26-23-20-17-14-11-8-5-2/h7,10,16-17,19-20,25-30,32,35-36,38-41,43,45,47-48,50,62H,4-6,8-9,11-15,18,21-24,31,33-34,37,42,44,46,49,51-61H2,1-3H3/b10-7-,19-16-,20-17-,28-25-,29-26-,30-27-,35-32-,39-36-,41-38-,43-40-,48-45-,50-47-/t62-/m0/s1. The smallest absolute Gasteiger partial charge is 0.306 e. The van der Waals surface area contributed by atoms with Gasteiger partial charge in [0.15, 0.2) is 6.10 Å². The minimum absolute atomic E-state index is 0.138. The molecule has 6 heteroatoms. The molecular formula is C65H102O6. The van der Waals surface area contributed by atoms with Crippen molar-refractivity contribution < 1.29 is 28.6 Å². The van der Waals surface area contributed by atoms with Crippen LogP contribution in [0.25, 0.3) is 0 Å². The Bertz CT molecular complexity index is 1590. The van der Waals surface area contributed by atoms with Crippen molar-refractivity contribution in [3.8, 4) is 0 Å². The van der Waals surface area contributed by atoms with E-state index in [0.717, 1.165) is 103 Å². The first-order valence-corrected chi connectivity index (χ1v) is 28.3. The summed E-state index contributed by atoms with van der Waals surface area (Å²) >= 11 is 0. The number of hydrogen-bond donors (Lipinski definition) is 0. The third kappa shape index (κ3) is 56.1. The summed E-state index contributed by atoms with van der Waals surface area (Å²) in [7, 11) is 0. The van der Waals surface area contributed by atoms with E-state index in [4.69, 9.17) is 14.2 Å². The SMILES string of the molecule is CC/C=C\C/C=C\C/C=C\C/C=C\C/C=C\CCCCCC(=O)OC[C@H](COC(=O)CCC/C=C\C/C=C\C/C=C\C/C=C\CCCCC)OC(=O)CCC/C=C\C/C=C\C/C=C\CCCCCCCC. The first-order valence-electron chi connectivity index (χ1n) is 28.3. The maximum absolute atomic E-state index is 12.8. The molecule has 398 valence electrons. The van der Waals surface area contributed by atoms with Gasteiger partial charge in [0.25, 0.3) is 0 Å². The van der Waals surface area contributed by atoms with Gasteiger partial charge in [0, 0.05) is 19.3 Å². The Kier molecular flexibility index (Phi) is 54.0. The lowest BCUT2D eigenvalue weighted by Gasteiger charge is -2.18. The Morgan fingerprint density at radius 3 is 0.944 bits per heavy atom. The van der Waals surface area contributed by atoms with E-state index < -0.39 is 12.1 Å². The fourth-order valence-corrected chi connectivity index (χ4v) is 7.06. The van der Waals surface area contributed by atoms with Gasteiger partial charge in [0.1, 0.15) is 13.2 Å². The van der Waals surface area contributed by atoms with Crippen LogP contribution in [-0.2, 0) is 28.6 Å². The summed E-state index contributed by atoms with van der Waals surface area (Å²) in [5.41, 5.74) is 0. The molecule has 0 heterocycles. The highest BCUT2D eigenvalue weighted by Crippen LogP contribution is 2.11. The molecule has 0 aliphatic carbocycles. The van der Waals surface area contributed by atoms with Crippen molar-refractivity contribution in [3.05, 3.63) is 146 Å². The first-order chi connectivity index (χ1) is 35.0. The first kappa shape index (κ1) is 66.3. The molecule has 71 heavy (non-hydrogen) atoms. The van der Waals surface area contributed by atoms with E-state index in [9.17, 15) is 14.4 Å². The highest BCUT2D eigenvalue weighted by molar-refractivity contribution is 5.71. The van der Waals surface area contributed by atoms with Crippen LogP contribution < -0.4 is 0 Å². The predicted octanol–water partition coefficient (Wildman–Crippen LogP) is 19.2. The lowest BCUT2D eigenvalue weighted by atomic mass is 10.1. The fraction of sp³-hybridized carbons (Fsp3) is 0.585. The molecule has 0 spiro atoms. The van der Waals surface area contributed by atoms with Gasteiger partial charge in [-0.15, -0.1) is 0 Å². The van der Waals surface area contributed by atoms with Crippen LogP contribution in [-0.4, -0.2) is 37.2 Å². The quantitative estimate of drug-likeness (QED) is 0.0262. The average molecular weight is 980 g/mol. The van der Waals surface area contributed by atoms with Crippen LogP contribution in [0.3, 0.4) is 0 Å². The second-order valence-corrected chi connectivity index (χ2v) is 18.1. The average Bonchev–Trinajstić information content (AvgIpc) is 3.37.